The molecule has 3 aromatic rings. The number of rotatable bonds is 2. The molecule has 0 saturated carbocycles. The summed E-state index contributed by atoms with van der Waals surface area (Å²) < 4.78 is 15.1. The van der Waals surface area contributed by atoms with Gasteiger partial charge in [0.1, 0.15) is 12.4 Å². The molecule has 1 aliphatic heterocycles. The van der Waals surface area contributed by atoms with Gasteiger partial charge in [0.25, 0.3) is 0 Å². The first-order valence-corrected chi connectivity index (χ1v) is 7.80. The number of amides is 1. The monoisotopic (exact) mass is 308 g/mol. The maximum Gasteiger partial charge on any atom is 0.242 e. The Morgan fingerprint density at radius 2 is 1.91 bits per heavy atom. The quantitative estimate of drug-likeness (QED) is 0.712. The van der Waals surface area contributed by atoms with Gasteiger partial charge in [-0.3, -0.25) is 4.79 Å². The van der Waals surface area contributed by atoms with Gasteiger partial charge < -0.3 is 9.47 Å². The van der Waals surface area contributed by atoms with Crippen molar-refractivity contribution in [3.8, 4) is 0 Å². The summed E-state index contributed by atoms with van der Waals surface area (Å²) in [6.45, 7) is 1.71. The molecule has 1 aromatic heterocycles. The number of fused-ring (bicyclic) bond motifs is 2. The average Bonchev–Trinajstić information content (AvgIpc) is 2.96. The molecule has 116 valence electrons. The number of aromatic nitrogens is 1. The van der Waals surface area contributed by atoms with Crippen LogP contribution in [0.4, 0.5) is 4.39 Å². The maximum atomic E-state index is 13.3. The summed E-state index contributed by atoms with van der Waals surface area (Å²) in [4.78, 5) is 14.5. The van der Waals surface area contributed by atoms with Crippen molar-refractivity contribution in [1.29, 1.82) is 0 Å². The Morgan fingerprint density at radius 3 is 2.78 bits per heavy atom. The summed E-state index contributed by atoms with van der Waals surface area (Å²) in [5.74, 6) is -0.157. The third kappa shape index (κ3) is 2.61. The van der Waals surface area contributed by atoms with Crippen LogP contribution in [0.1, 0.15) is 11.1 Å². The lowest BCUT2D eigenvalue weighted by Gasteiger charge is -2.29. The predicted octanol–water partition coefficient (Wildman–Crippen LogP) is 3.37. The molecule has 2 aromatic carbocycles. The smallest absolute Gasteiger partial charge is 0.242 e. The molecule has 0 saturated heterocycles. The zero-order valence-corrected chi connectivity index (χ0v) is 12.7. The Morgan fingerprint density at radius 1 is 1.09 bits per heavy atom. The second kappa shape index (κ2) is 5.54. The highest BCUT2D eigenvalue weighted by Crippen LogP contribution is 2.20. The summed E-state index contributed by atoms with van der Waals surface area (Å²) in [6, 6.07) is 14.8. The Hall–Kier alpha value is -2.62. The third-order valence-electron chi connectivity index (χ3n) is 4.52. The van der Waals surface area contributed by atoms with E-state index in [0.29, 0.717) is 6.54 Å². The van der Waals surface area contributed by atoms with E-state index in [1.165, 1.54) is 23.3 Å². The number of carbonyl (C=O) groups is 1. The topological polar surface area (TPSA) is 25.2 Å². The summed E-state index contributed by atoms with van der Waals surface area (Å²) in [7, 11) is 0. The van der Waals surface area contributed by atoms with Gasteiger partial charge >= 0.3 is 0 Å². The first kappa shape index (κ1) is 14.0. The van der Waals surface area contributed by atoms with E-state index in [1.54, 1.807) is 6.07 Å². The van der Waals surface area contributed by atoms with Gasteiger partial charge in [-0.15, -0.1) is 0 Å². The van der Waals surface area contributed by atoms with Gasteiger partial charge in [-0.25, -0.2) is 4.39 Å². The van der Waals surface area contributed by atoms with E-state index in [0.717, 1.165) is 23.9 Å². The Labute approximate surface area is 133 Å². The molecular formula is C19H17FN2O. The molecule has 0 fully saturated rings. The van der Waals surface area contributed by atoms with Crippen LogP contribution in [0.5, 0.6) is 0 Å². The largest absolute Gasteiger partial charge is 0.338 e. The molecule has 2 heterocycles. The number of halogens is 1. The van der Waals surface area contributed by atoms with Crippen molar-refractivity contribution >= 4 is 16.8 Å². The number of nitrogens with zero attached hydrogens (tertiary/aromatic N) is 2. The first-order valence-electron chi connectivity index (χ1n) is 7.80. The van der Waals surface area contributed by atoms with E-state index < -0.39 is 0 Å². The fourth-order valence-corrected chi connectivity index (χ4v) is 3.26. The summed E-state index contributed by atoms with van der Waals surface area (Å²) >= 11 is 0. The van der Waals surface area contributed by atoms with Gasteiger partial charge in [-0.2, -0.15) is 0 Å². The van der Waals surface area contributed by atoms with Crippen LogP contribution in [0, 0.1) is 5.82 Å². The van der Waals surface area contributed by atoms with Crippen LogP contribution < -0.4 is 0 Å². The van der Waals surface area contributed by atoms with Gasteiger partial charge in [0, 0.05) is 30.2 Å². The van der Waals surface area contributed by atoms with Gasteiger partial charge in [-0.1, -0.05) is 24.3 Å². The number of hydrogen-bond donors (Lipinski definition) is 0. The van der Waals surface area contributed by atoms with E-state index in [-0.39, 0.29) is 18.3 Å². The highest BCUT2D eigenvalue weighted by Gasteiger charge is 2.20. The van der Waals surface area contributed by atoms with Crippen molar-refractivity contribution in [2.75, 3.05) is 6.54 Å². The minimum Gasteiger partial charge on any atom is -0.338 e. The predicted molar refractivity (Wildman–Crippen MR) is 87.5 cm³/mol. The molecule has 0 bridgehead atoms. The lowest BCUT2D eigenvalue weighted by Crippen LogP contribution is -2.37. The van der Waals surface area contributed by atoms with Crippen LogP contribution in [0.3, 0.4) is 0 Å². The average molecular weight is 308 g/mol. The second-order valence-corrected chi connectivity index (χ2v) is 5.98. The second-order valence-electron chi connectivity index (χ2n) is 5.98. The molecule has 3 nitrogen and oxygen atoms in total. The van der Waals surface area contributed by atoms with E-state index in [1.807, 2.05) is 33.9 Å². The molecule has 1 amide bonds. The van der Waals surface area contributed by atoms with Crippen molar-refractivity contribution in [3.05, 3.63) is 71.7 Å². The van der Waals surface area contributed by atoms with Crippen LogP contribution in [-0.4, -0.2) is 21.9 Å². The molecule has 1 aliphatic rings. The zero-order valence-electron chi connectivity index (χ0n) is 12.7. The maximum absolute atomic E-state index is 13.3. The van der Waals surface area contributed by atoms with Crippen molar-refractivity contribution in [1.82, 2.24) is 9.47 Å². The van der Waals surface area contributed by atoms with Crippen LogP contribution in [-0.2, 0) is 24.3 Å². The lowest BCUT2D eigenvalue weighted by atomic mass is 10.00. The van der Waals surface area contributed by atoms with E-state index in [4.69, 9.17) is 0 Å². The Bertz CT molecular complexity index is 884. The van der Waals surface area contributed by atoms with Crippen LogP contribution in [0.15, 0.2) is 54.7 Å². The lowest BCUT2D eigenvalue weighted by molar-refractivity contribution is -0.132. The number of hydrogen-bond acceptors (Lipinski definition) is 1. The molecule has 0 spiro atoms. The SMILES string of the molecule is O=C(Cn1ccc2cc(F)ccc21)N1CCc2ccccc2C1. The van der Waals surface area contributed by atoms with Crippen molar-refractivity contribution < 1.29 is 9.18 Å². The molecule has 23 heavy (non-hydrogen) atoms. The Kier molecular flexibility index (Phi) is 3.37. The normalized spacial score (nSPS) is 14.0. The minimum absolute atomic E-state index is 0.0985. The van der Waals surface area contributed by atoms with E-state index >= 15 is 0 Å². The molecule has 0 unspecified atom stereocenters. The minimum atomic E-state index is -0.255. The zero-order chi connectivity index (χ0) is 15.8. The summed E-state index contributed by atoms with van der Waals surface area (Å²) in [6.07, 6.45) is 2.75. The van der Waals surface area contributed by atoms with Crippen molar-refractivity contribution in [2.45, 2.75) is 19.5 Å². The standard InChI is InChI=1S/C19H17FN2O/c20-17-5-6-18-15(11-17)8-9-21(18)13-19(23)22-10-7-14-3-1-2-4-16(14)12-22/h1-6,8-9,11H,7,10,12-13H2. The Balaban J connectivity index is 1.54. The third-order valence-corrected chi connectivity index (χ3v) is 4.52. The fourth-order valence-electron chi connectivity index (χ4n) is 3.26. The number of benzene rings is 2. The first-order chi connectivity index (χ1) is 11.2. The van der Waals surface area contributed by atoms with Gasteiger partial charge in [-0.05, 0) is 41.8 Å². The van der Waals surface area contributed by atoms with Crippen LogP contribution in [0.25, 0.3) is 10.9 Å². The molecule has 0 aliphatic carbocycles. The molecular weight excluding hydrogens is 291 g/mol. The molecule has 4 rings (SSSR count). The summed E-state index contributed by atoms with van der Waals surface area (Å²) in [5.41, 5.74) is 3.45. The van der Waals surface area contributed by atoms with Gasteiger partial charge in [0.2, 0.25) is 5.91 Å². The summed E-state index contributed by atoms with van der Waals surface area (Å²) in [5, 5.41) is 0.821. The molecule has 0 atom stereocenters. The van der Waals surface area contributed by atoms with Gasteiger partial charge in [0.05, 0.1) is 0 Å². The molecule has 0 N–H and O–H groups in total. The van der Waals surface area contributed by atoms with Crippen LogP contribution in [0.2, 0.25) is 0 Å². The number of carbonyl (C=O) groups excluding carboxylic acids is 1. The van der Waals surface area contributed by atoms with E-state index in [9.17, 15) is 9.18 Å². The van der Waals surface area contributed by atoms with Gasteiger partial charge in [0.15, 0.2) is 0 Å². The highest BCUT2D eigenvalue weighted by molar-refractivity contribution is 5.83. The van der Waals surface area contributed by atoms with E-state index in [2.05, 4.69) is 12.1 Å². The molecule has 0 radical (unpaired) electrons. The van der Waals surface area contributed by atoms with Crippen molar-refractivity contribution in [3.63, 3.8) is 0 Å². The highest BCUT2D eigenvalue weighted by atomic mass is 19.1. The van der Waals surface area contributed by atoms with Crippen molar-refractivity contribution in [2.24, 2.45) is 0 Å². The fraction of sp³-hybridized carbons (Fsp3) is 0.211. The molecule has 4 heteroatoms. The van der Waals surface area contributed by atoms with Crippen LogP contribution >= 0.6 is 0 Å².